The van der Waals surface area contributed by atoms with Crippen molar-refractivity contribution < 1.29 is 72.5 Å². The highest BCUT2D eigenvalue weighted by atomic mass is 32.3. The van der Waals surface area contributed by atoms with Crippen LogP contribution in [-0.2, 0) is 30.2 Å². The minimum absolute atomic E-state index is 0.149. The molecule has 0 heterocycles. The quantitative estimate of drug-likeness (QED) is 0.176. The van der Waals surface area contributed by atoms with Gasteiger partial charge in [0.1, 0.15) is 5.75 Å². The third kappa shape index (κ3) is 6.19. The molecule has 1 aromatic rings. The van der Waals surface area contributed by atoms with Gasteiger partial charge in [0, 0.05) is 0 Å². The molecule has 0 N–H and O–H groups in total. The molecule has 0 amide bonds. The van der Waals surface area contributed by atoms with Gasteiger partial charge < -0.3 is 4.18 Å². The van der Waals surface area contributed by atoms with E-state index in [2.05, 4.69) is 4.18 Å². The van der Waals surface area contributed by atoms with Crippen molar-refractivity contribution in [2.75, 3.05) is 0 Å². The zero-order valence-corrected chi connectivity index (χ0v) is 23.5. The second kappa shape index (κ2) is 10.6. The molecule has 40 heavy (non-hydrogen) atoms. The maximum absolute atomic E-state index is 14.3. The van der Waals surface area contributed by atoms with Crippen LogP contribution in [0.1, 0.15) is 52.5 Å². The Hall–Kier alpha value is -2.16. The molecule has 232 valence electrons. The number of halogens is 9. The van der Waals surface area contributed by atoms with Crippen LogP contribution in [0, 0.1) is 16.2 Å². The monoisotopic (exact) mass is 660 g/mol. The maximum atomic E-state index is 14.3. The second-order valence-electron chi connectivity index (χ2n) is 9.88. The van der Waals surface area contributed by atoms with Crippen LogP contribution in [0.25, 0.3) is 0 Å². The second-order valence-corrected chi connectivity index (χ2v) is 15.2. The van der Waals surface area contributed by atoms with E-state index in [1.54, 1.807) is 0 Å². The first-order valence-electron chi connectivity index (χ1n) is 10.6. The predicted octanol–water partition coefficient (Wildman–Crippen LogP) is 5.35. The van der Waals surface area contributed by atoms with Crippen LogP contribution in [0.5, 0.6) is 5.75 Å². The van der Waals surface area contributed by atoms with Crippen molar-refractivity contribution in [1.29, 1.82) is 0 Å². The Balaban J connectivity index is 3.51. The summed E-state index contributed by atoms with van der Waals surface area (Å²) in [4.78, 5) is 11.1. The van der Waals surface area contributed by atoms with Crippen LogP contribution >= 0.6 is 0 Å². The molecule has 0 aliphatic carbocycles. The molecule has 0 aliphatic heterocycles. The van der Waals surface area contributed by atoms with Gasteiger partial charge >= 0.3 is 52.1 Å². The van der Waals surface area contributed by atoms with Crippen LogP contribution in [0.4, 0.5) is 39.5 Å². The molecule has 21 heteroatoms. The van der Waals surface area contributed by atoms with Crippen LogP contribution in [0.3, 0.4) is 0 Å². The Morgan fingerprint density at radius 3 is 1.52 bits per heavy atom. The Morgan fingerprint density at radius 2 is 1.18 bits per heavy atom. The summed E-state index contributed by atoms with van der Waals surface area (Å²) in [5.41, 5.74) is -6.85. The SMILES string of the molecule is CC(C)CC(c1ccc(OS(=O)(=O)C(F)(F)C(F)(F)C(F)(F)S(=O)(=O)[N+](=O)S(=O)(=O)C(F)(F)F)cc1)C(C)(C)C. The number of hydrogen-bond donors (Lipinski definition) is 0. The lowest BCUT2D eigenvalue weighted by molar-refractivity contribution is -0.284. The fourth-order valence-electron chi connectivity index (χ4n) is 3.19. The van der Waals surface area contributed by atoms with Crippen molar-refractivity contribution in [2.24, 2.45) is 11.3 Å². The smallest absolute Gasteiger partial charge is 0.378 e. The van der Waals surface area contributed by atoms with E-state index in [0.717, 1.165) is 12.1 Å². The molecule has 0 aromatic heterocycles. The van der Waals surface area contributed by atoms with Gasteiger partial charge in [0.25, 0.3) is 3.57 Å². The minimum atomic E-state index is -8.41. The zero-order valence-electron chi connectivity index (χ0n) is 21.0. The lowest BCUT2D eigenvalue weighted by Crippen LogP contribution is -2.63. The van der Waals surface area contributed by atoms with E-state index >= 15 is 0 Å². The Morgan fingerprint density at radius 1 is 0.750 bits per heavy atom. The first-order chi connectivity index (χ1) is 17.4. The summed E-state index contributed by atoms with van der Waals surface area (Å²) in [6.07, 6.45) is 0.580. The van der Waals surface area contributed by atoms with Crippen molar-refractivity contribution >= 4 is 30.2 Å². The summed E-state index contributed by atoms with van der Waals surface area (Å²) in [6, 6.07) is 3.67. The van der Waals surface area contributed by atoms with Crippen LogP contribution < -0.4 is 4.18 Å². The standard InChI is InChI=1S/C19H23F9NO8S3/c1-11(2)10-14(15(3,4)5)12-6-8-13(9-7-12)37-40(35,36)18(24,25)16(20,21)17(22,23)38(31,32)29(30)39(33,34)19(26,27)28/h6-9,11,14H,10H2,1-5H3/q+1. The molecular weight excluding hydrogens is 637 g/mol. The molecule has 0 saturated heterocycles. The lowest BCUT2D eigenvalue weighted by Gasteiger charge is -2.32. The average molecular weight is 661 g/mol. The number of benzene rings is 1. The van der Waals surface area contributed by atoms with Gasteiger partial charge in [-0.25, -0.2) is 0 Å². The van der Waals surface area contributed by atoms with Gasteiger partial charge in [-0.1, -0.05) is 46.8 Å². The number of nitroso groups, excluding NO2 is 1. The molecule has 0 bridgehead atoms. The van der Waals surface area contributed by atoms with E-state index in [4.69, 9.17) is 0 Å². The molecule has 0 radical (unpaired) electrons. The highest BCUT2D eigenvalue weighted by Crippen LogP contribution is 2.52. The molecule has 9 nitrogen and oxygen atoms in total. The largest absolute Gasteiger partial charge is 0.566 e. The highest BCUT2D eigenvalue weighted by molar-refractivity contribution is 7.98. The molecule has 1 atom stereocenters. The van der Waals surface area contributed by atoms with Gasteiger partial charge in [0.2, 0.25) is 0 Å². The zero-order chi connectivity index (χ0) is 32.1. The van der Waals surface area contributed by atoms with E-state index in [9.17, 15) is 69.7 Å². The van der Waals surface area contributed by atoms with Crippen LogP contribution in [0.2, 0.25) is 0 Å². The van der Waals surface area contributed by atoms with Gasteiger partial charge in [0.15, 0.2) is 0 Å². The van der Waals surface area contributed by atoms with E-state index in [-0.39, 0.29) is 17.3 Å². The van der Waals surface area contributed by atoms with Gasteiger partial charge in [-0.15, -0.1) is 8.42 Å². The summed E-state index contributed by atoms with van der Waals surface area (Å²) in [7, 11) is -23.6. The summed E-state index contributed by atoms with van der Waals surface area (Å²) >= 11 is 0. The average Bonchev–Trinajstić information content (AvgIpc) is 2.75. The van der Waals surface area contributed by atoms with Crippen LogP contribution in [-0.4, -0.2) is 50.8 Å². The van der Waals surface area contributed by atoms with Crippen molar-refractivity contribution in [3.05, 3.63) is 34.7 Å². The van der Waals surface area contributed by atoms with Gasteiger partial charge in [-0.2, -0.15) is 56.3 Å². The molecule has 1 rings (SSSR count). The first-order valence-corrected chi connectivity index (χ1v) is 14.9. The van der Waals surface area contributed by atoms with Crippen molar-refractivity contribution in [3.63, 3.8) is 0 Å². The van der Waals surface area contributed by atoms with Crippen molar-refractivity contribution in [3.8, 4) is 5.75 Å². The summed E-state index contributed by atoms with van der Waals surface area (Å²) in [5, 5.41) is -15.0. The highest BCUT2D eigenvalue weighted by Gasteiger charge is 2.88. The Bertz CT molecular complexity index is 1430. The topological polar surface area (TPSA) is 132 Å². The summed E-state index contributed by atoms with van der Waals surface area (Å²) in [6.45, 7) is 9.29. The number of rotatable bonds is 11. The summed E-state index contributed by atoms with van der Waals surface area (Å²) < 4.78 is 191. The maximum Gasteiger partial charge on any atom is 0.566 e. The Labute approximate surface area is 223 Å². The third-order valence-corrected chi connectivity index (χ3v) is 10.0. The number of sulfonamides is 2. The van der Waals surface area contributed by atoms with E-state index in [1.165, 1.54) is 0 Å². The first kappa shape index (κ1) is 35.9. The van der Waals surface area contributed by atoms with Gasteiger partial charge in [0.05, 0.1) is 4.91 Å². The normalized spacial score (nSPS) is 15.7. The molecule has 0 saturated carbocycles. The fraction of sp³-hybridized carbons (Fsp3) is 0.684. The molecular formula is C19H23F9NO8S3+. The molecule has 1 aromatic carbocycles. The Kier molecular flexibility index (Phi) is 9.50. The fourth-order valence-corrected chi connectivity index (χ4v) is 6.54. The lowest BCUT2D eigenvalue weighted by atomic mass is 9.72. The van der Waals surface area contributed by atoms with Crippen molar-refractivity contribution in [1.82, 2.24) is 0 Å². The van der Waals surface area contributed by atoms with Gasteiger partial charge in [-0.05, 0) is 41.4 Å². The number of alkyl halides is 9. The van der Waals surface area contributed by atoms with Crippen LogP contribution in [0.15, 0.2) is 24.3 Å². The molecule has 0 fully saturated rings. The molecule has 1 unspecified atom stereocenters. The summed E-state index contributed by atoms with van der Waals surface area (Å²) in [5.74, 6) is -8.96. The van der Waals surface area contributed by atoms with Crippen molar-refractivity contribution in [2.45, 2.75) is 68.9 Å². The van der Waals surface area contributed by atoms with E-state index < -0.39 is 61.4 Å². The van der Waals surface area contributed by atoms with E-state index in [1.807, 2.05) is 34.6 Å². The molecule has 0 aliphatic rings. The minimum Gasteiger partial charge on any atom is -0.378 e. The number of hydrogen-bond acceptors (Lipinski definition) is 8. The number of nitrogens with zero attached hydrogens (tertiary/aromatic N) is 1. The molecule has 0 spiro atoms. The van der Waals surface area contributed by atoms with Gasteiger partial charge in [-0.3, -0.25) is 0 Å². The third-order valence-electron chi connectivity index (χ3n) is 5.29. The van der Waals surface area contributed by atoms with E-state index in [0.29, 0.717) is 24.1 Å². The predicted molar refractivity (Wildman–Crippen MR) is 120 cm³/mol.